The van der Waals surface area contributed by atoms with Gasteiger partial charge in [-0.25, -0.2) is 13.1 Å². The fraction of sp³-hybridized carbons (Fsp3) is 0.480. The number of H-pyrrole nitrogens is 1. The van der Waals surface area contributed by atoms with Gasteiger partial charge in [-0.3, -0.25) is 19.8 Å². The number of hydrogen-bond donors (Lipinski definition) is 3. The lowest BCUT2D eigenvalue weighted by atomic mass is 9.59. The molecule has 0 unspecified atom stereocenters. The van der Waals surface area contributed by atoms with Gasteiger partial charge in [0.05, 0.1) is 46.4 Å². The number of likely N-dealkylation sites (tertiary alicyclic amines) is 1. The van der Waals surface area contributed by atoms with E-state index in [1.165, 1.54) is 42.9 Å². The molecule has 5 fully saturated rings. The first-order valence-corrected chi connectivity index (χ1v) is 25.6. The third-order valence-corrected chi connectivity index (χ3v) is 17.3. The number of carbonyl (C=O) groups is 1. The maximum absolute atomic E-state index is 14.7. The van der Waals surface area contributed by atoms with E-state index in [9.17, 15) is 23.3 Å². The summed E-state index contributed by atoms with van der Waals surface area (Å²) in [7, 11) is -4.68. The van der Waals surface area contributed by atoms with E-state index in [0.717, 1.165) is 62.5 Å². The van der Waals surface area contributed by atoms with Crippen LogP contribution in [0, 0.1) is 28.4 Å². The van der Waals surface area contributed by atoms with E-state index in [4.69, 9.17) is 23.9 Å². The number of nitrogens with zero attached hydrogens (tertiary/aromatic N) is 5. The molecule has 18 heteroatoms. The van der Waals surface area contributed by atoms with Gasteiger partial charge in [-0.2, -0.15) is 4.98 Å². The predicted molar refractivity (Wildman–Crippen MR) is 255 cm³/mol. The summed E-state index contributed by atoms with van der Waals surface area (Å²) in [5, 5.41) is 16.6. The Morgan fingerprint density at radius 3 is 2.57 bits per heavy atom. The summed E-state index contributed by atoms with van der Waals surface area (Å²) in [5.41, 5.74) is 5.54. The molecule has 3 N–H and O–H groups in total. The molecule has 3 aromatic carbocycles. The zero-order valence-electron chi connectivity index (χ0n) is 38.0. The second kappa shape index (κ2) is 16.9. The van der Waals surface area contributed by atoms with Crippen LogP contribution in [0.15, 0.2) is 77.8 Å². The molecular weight excluding hydrogens is 889 g/mol. The highest BCUT2D eigenvalue weighted by Crippen LogP contribution is 2.55. The molecule has 6 aliphatic heterocycles. The van der Waals surface area contributed by atoms with Crippen molar-refractivity contribution in [2.45, 2.75) is 93.5 Å². The van der Waals surface area contributed by atoms with Crippen molar-refractivity contribution in [3.8, 4) is 11.6 Å². The Morgan fingerprint density at radius 2 is 1.76 bits per heavy atom. The van der Waals surface area contributed by atoms with Gasteiger partial charge in [0.25, 0.3) is 21.6 Å². The molecule has 4 atom stereocenters. The highest BCUT2D eigenvalue weighted by molar-refractivity contribution is 7.90. The number of nitro benzene ring substituents is 1. The Morgan fingerprint density at radius 1 is 0.941 bits per heavy atom. The fourth-order valence-electron chi connectivity index (χ4n) is 12.3. The monoisotopic (exact) mass is 944 g/mol. The van der Waals surface area contributed by atoms with Crippen molar-refractivity contribution in [1.29, 1.82) is 0 Å². The van der Waals surface area contributed by atoms with Crippen molar-refractivity contribution in [1.82, 2.24) is 19.6 Å². The van der Waals surface area contributed by atoms with Crippen LogP contribution < -0.4 is 29.3 Å². The van der Waals surface area contributed by atoms with Crippen molar-refractivity contribution in [3.63, 3.8) is 0 Å². The van der Waals surface area contributed by atoms with Crippen LogP contribution in [0.4, 0.5) is 28.4 Å². The molecule has 2 aromatic heterocycles. The molecule has 4 saturated heterocycles. The first-order chi connectivity index (χ1) is 33.0. The molecule has 0 radical (unpaired) electrons. The maximum atomic E-state index is 14.7. The maximum Gasteiger partial charge on any atom is 0.297 e. The Hall–Kier alpha value is -5.95. The number of fused-ring (bicyclic) bond motifs is 4. The van der Waals surface area contributed by atoms with E-state index < -0.39 is 37.5 Å². The number of piperidine rings is 1. The zero-order valence-corrected chi connectivity index (χ0v) is 38.8. The number of benzene rings is 3. The first kappa shape index (κ1) is 43.3. The van der Waals surface area contributed by atoms with Gasteiger partial charge in [0.15, 0.2) is 11.4 Å². The van der Waals surface area contributed by atoms with Gasteiger partial charge >= 0.3 is 0 Å². The number of aromatic amines is 1. The minimum Gasteiger partial charge on any atom is -0.489 e. The van der Waals surface area contributed by atoms with Crippen LogP contribution in [-0.2, 0) is 19.5 Å². The van der Waals surface area contributed by atoms with Gasteiger partial charge in [-0.1, -0.05) is 24.3 Å². The van der Waals surface area contributed by atoms with E-state index >= 15 is 0 Å². The average molecular weight is 945 g/mol. The number of amides is 1. The van der Waals surface area contributed by atoms with Gasteiger partial charge < -0.3 is 39.0 Å². The number of ether oxygens (including phenoxy) is 4. The average Bonchev–Trinajstić information content (AvgIpc) is 4.13. The summed E-state index contributed by atoms with van der Waals surface area (Å²) >= 11 is 0. The van der Waals surface area contributed by atoms with Crippen LogP contribution in [-0.4, -0.2) is 111 Å². The normalized spacial score (nSPS) is 24.9. The third kappa shape index (κ3) is 7.59. The molecule has 8 heterocycles. The van der Waals surface area contributed by atoms with Crippen molar-refractivity contribution in [2.75, 3.05) is 67.8 Å². The van der Waals surface area contributed by atoms with Crippen molar-refractivity contribution in [3.05, 3.63) is 99.7 Å². The minimum atomic E-state index is -4.68. The fourth-order valence-corrected chi connectivity index (χ4v) is 13.3. The quantitative estimate of drug-likeness (QED) is 0.0979. The zero-order chi connectivity index (χ0) is 46.3. The van der Waals surface area contributed by atoms with Crippen LogP contribution in [0.3, 0.4) is 0 Å². The number of hydrogen-bond acceptors (Lipinski definition) is 14. The van der Waals surface area contributed by atoms with Crippen LogP contribution in [0.25, 0.3) is 11.0 Å². The molecule has 68 heavy (non-hydrogen) atoms. The number of sulfonamides is 1. The second-order valence-electron chi connectivity index (χ2n) is 19.9. The van der Waals surface area contributed by atoms with Crippen LogP contribution >= 0.6 is 0 Å². The number of rotatable bonds is 9. The van der Waals surface area contributed by atoms with Crippen molar-refractivity contribution < 1.29 is 37.1 Å². The van der Waals surface area contributed by atoms with E-state index in [1.54, 1.807) is 12.3 Å². The summed E-state index contributed by atoms with van der Waals surface area (Å²) < 4.78 is 54.8. The van der Waals surface area contributed by atoms with E-state index in [-0.39, 0.29) is 41.6 Å². The lowest BCUT2D eigenvalue weighted by Crippen LogP contribution is -2.55. The van der Waals surface area contributed by atoms with E-state index in [1.807, 2.05) is 29.2 Å². The number of nitrogens with one attached hydrogen (secondary N) is 3. The Labute approximate surface area is 394 Å². The molecule has 1 aliphatic carbocycles. The molecule has 7 aliphatic rings. The highest BCUT2D eigenvalue weighted by atomic mass is 32.2. The standard InChI is InChI=1S/C50H56N8O9S/c1-30-5-2-3-6-36(30)39-7-4-16-56(39)34-25-50(26-34)13-17-55(18-14-50)33-8-9-37(40(22-33)57-42-21-32-10-15-51-47(32)53-49(42)67-45-29-65-28-43(45)57)48(59)54-68(62,63)35-23-41(58(60)61)46-44(24-35)66-27-38(52-46)31-11-19-64-20-12-31/h2-3,5-6,8-10,15,21-24,31,34,38-39,43,45,52H,4,7,11-14,16-20,25-29H2,1H3,(H,51,53)(H,54,59)/t38-,39+,43+,45-/m1/s1. The van der Waals surface area contributed by atoms with Crippen LogP contribution in [0.1, 0.15) is 78.9 Å². The van der Waals surface area contributed by atoms with Gasteiger partial charge in [0.2, 0.25) is 5.88 Å². The van der Waals surface area contributed by atoms with Crippen LogP contribution in [0.2, 0.25) is 0 Å². The summed E-state index contributed by atoms with van der Waals surface area (Å²) in [6, 6.07) is 21.0. The second-order valence-corrected chi connectivity index (χ2v) is 21.6. The highest BCUT2D eigenvalue weighted by Gasteiger charge is 2.50. The summed E-state index contributed by atoms with van der Waals surface area (Å²) in [4.78, 5) is 41.2. The van der Waals surface area contributed by atoms with E-state index in [2.05, 4.69) is 56.0 Å². The molecule has 12 rings (SSSR count). The molecule has 356 valence electrons. The van der Waals surface area contributed by atoms with Gasteiger partial charge in [0.1, 0.15) is 24.0 Å². The number of nitro groups is 1. The number of anilines is 4. The molecule has 17 nitrogen and oxygen atoms in total. The Kier molecular flexibility index (Phi) is 10.8. The number of aromatic nitrogens is 2. The van der Waals surface area contributed by atoms with Crippen molar-refractivity contribution in [2.24, 2.45) is 11.3 Å². The first-order valence-electron chi connectivity index (χ1n) is 24.1. The summed E-state index contributed by atoms with van der Waals surface area (Å²) in [6.45, 7) is 7.06. The lowest BCUT2D eigenvalue weighted by Gasteiger charge is -2.56. The number of carbonyl (C=O) groups excluding carboxylic acids is 1. The molecule has 1 spiro atoms. The SMILES string of the molecule is Cc1ccccc1[C@@H]1CCCN1C1CC2(CCN(c3ccc(C(=O)NS(=O)(=O)c4cc5c(c([N+](=O)[O-])c4)N[C@@H](C4CCOCC4)CO5)c(N4c5cc6cc[nH]c6nc5O[C@@H]5COC[C@@H]54)c3)CC2)C1. The molecular formula is C50H56N8O9S. The van der Waals surface area contributed by atoms with Crippen LogP contribution in [0.5, 0.6) is 11.6 Å². The summed E-state index contributed by atoms with van der Waals surface area (Å²) in [6.07, 6.45) is 9.88. The predicted octanol–water partition coefficient (Wildman–Crippen LogP) is 7.38. The van der Waals surface area contributed by atoms with Gasteiger partial charge in [0, 0.05) is 67.8 Å². The van der Waals surface area contributed by atoms with E-state index in [0.29, 0.717) is 66.8 Å². The molecule has 5 aromatic rings. The molecule has 1 saturated carbocycles. The minimum absolute atomic E-state index is 0.0318. The van der Waals surface area contributed by atoms with Gasteiger partial charge in [-0.15, -0.1) is 0 Å². The molecule has 1 amide bonds. The largest absolute Gasteiger partial charge is 0.489 e. The number of pyridine rings is 1. The third-order valence-electron chi connectivity index (χ3n) is 16.0. The van der Waals surface area contributed by atoms with Crippen molar-refractivity contribution >= 4 is 55.4 Å². The molecule has 0 bridgehead atoms. The summed E-state index contributed by atoms with van der Waals surface area (Å²) in [5.74, 6) is -0.320. The Bertz CT molecular complexity index is 2910. The smallest absolute Gasteiger partial charge is 0.297 e. The topological polar surface area (TPSA) is 194 Å². The Balaban J connectivity index is 0.838. The van der Waals surface area contributed by atoms with Gasteiger partial charge in [-0.05, 0) is 118 Å². The number of aryl methyl sites for hydroxylation is 1. The lowest BCUT2D eigenvalue weighted by molar-refractivity contribution is -0.384.